The van der Waals surface area contributed by atoms with Crippen molar-refractivity contribution < 1.29 is 17.4 Å². The number of rotatable bonds is 1. The molecule has 2 N–H and O–H groups in total. The Kier molecular flexibility index (Phi) is 3.47. The molecule has 0 unspecified atom stereocenters. The van der Waals surface area contributed by atoms with Crippen molar-refractivity contribution in [2.24, 2.45) is 0 Å². The van der Waals surface area contributed by atoms with Crippen LogP contribution in [0.3, 0.4) is 0 Å². The molecule has 0 aromatic carbocycles. The van der Waals surface area contributed by atoms with Gasteiger partial charge in [-0.1, -0.05) is 0 Å². The minimum absolute atomic E-state index is 0.204. The summed E-state index contributed by atoms with van der Waals surface area (Å²) in [5.74, 6) is 0.895. The molecule has 0 saturated carbocycles. The first kappa shape index (κ1) is 13.1. The van der Waals surface area contributed by atoms with Gasteiger partial charge in [-0.15, -0.1) is 0 Å². The molecule has 4 nitrogen and oxygen atoms in total. The van der Waals surface area contributed by atoms with E-state index in [4.69, 9.17) is 5.73 Å². The SMILES string of the molecule is Nc1cnc(C(F)(F)F)cc1N1CCS(=O)CC1. The summed E-state index contributed by atoms with van der Waals surface area (Å²) in [4.78, 5) is 5.00. The molecule has 2 rings (SSSR count). The van der Waals surface area contributed by atoms with Crippen LogP contribution in [0.2, 0.25) is 0 Å². The highest BCUT2D eigenvalue weighted by molar-refractivity contribution is 7.85. The monoisotopic (exact) mass is 279 g/mol. The van der Waals surface area contributed by atoms with E-state index >= 15 is 0 Å². The van der Waals surface area contributed by atoms with Crippen LogP contribution < -0.4 is 10.6 Å². The molecule has 0 aliphatic carbocycles. The lowest BCUT2D eigenvalue weighted by molar-refractivity contribution is -0.141. The van der Waals surface area contributed by atoms with Crippen molar-refractivity contribution in [2.45, 2.75) is 6.18 Å². The predicted molar refractivity (Wildman–Crippen MR) is 63.7 cm³/mol. The first-order valence-electron chi connectivity index (χ1n) is 5.30. The summed E-state index contributed by atoms with van der Waals surface area (Å²) in [6, 6.07) is 0.948. The summed E-state index contributed by atoms with van der Waals surface area (Å²) >= 11 is 0. The van der Waals surface area contributed by atoms with Crippen LogP contribution in [0.1, 0.15) is 5.69 Å². The normalized spacial score (nSPS) is 18.1. The van der Waals surface area contributed by atoms with Crippen LogP contribution in [0.4, 0.5) is 24.5 Å². The average molecular weight is 279 g/mol. The molecule has 0 amide bonds. The Balaban J connectivity index is 2.29. The molecule has 1 aliphatic heterocycles. The minimum Gasteiger partial charge on any atom is -0.396 e. The summed E-state index contributed by atoms with van der Waals surface area (Å²) in [6.07, 6.45) is -3.47. The van der Waals surface area contributed by atoms with E-state index in [1.807, 2.05) is 0 Å². The van der Waals surface area contributed by atoms with Gasteiger partial charge >= 0.3 is 6.18 Å². The third-order valence-electron chi connectivity index (χ3n) is 2.72. The molecule has 1 aromatic heterocycles. The number of aromatic nitrogens is 1. The van der Waals surface area contributed by atoms with Gasteiger partial charge in [0.2, 0.25) is 0 Å². The van der Waals surface area contributed by atoms with Gasteiger partial charge in [-0.05, 0) is 6.07 Å². The minimum atomic E-state index is -4.49. The second-order valence-corrected chi connectivity index (χ2v) is 5.66. The Morgan fingerprint density at radius 3 is 2.50 bits per heavy atom. The van der Waals surface area contributed by atoms with Crippen LogP contribution in [-0.4, -0.2) is 33.8 Å². The third-order valence-corrected chi connectivity index (χ3v) is 4.00. The van der Waals surface area contributed by atoms with Gasteiger partial charge in [0.1, 0.15) is 5.69 Å². The van der Waals surface area contributed by atoms with Crippen molar-refractivity contribution in [2.75, 3.05) is 35.2 Å². The standard InChI is InChI=1S/C10H12F3N3OS/c11-10(12,13)9-5-8(7(14)6-15-9)16-1-3-18(17)4-2-16/h5-6H,1-4,14H2. The fourth-order valence-corrected chi connectivity index (χ4v) is 2.82. The van der Waals surface area contributed by atoms with Gasteiger partial charge in [0, 0.05) is 35.4 Å². The van der Waals surface area contributed by atoms with Crippen LogP contribution in [0, 0.1) is 0 Å². The molecule has 0 spiro atoms. The van der Waals surface area contributed by atoms with E-state index in [0.717, 1.165) is 12.3 Å². The smallest absolute Gasteiger partial charge is 0.396 e. The van der Waals surface area contributed by atoms with Crippen molar-refractivity contribution in [1.29, 1.82) is 0 Å². The van der Waals surface area contributed by atoms with Crippen molar-refractivity contribution >= 4 is 22.2 Å². The number of nitrogen functional groups attached to an aromatic ring is 1. The number of hydrogen-bond acceptors (Lipinski definition) is 4. The fourth-order valence-electron chi connectivity index (χ4n) is 1.76. The van der Waals surface area contributed by atoms with Gasteiger partial charge in [0.15, 0.2) is 0 Å². The second-order valence-electron chi connectivity index (χ2n) is 3.96. The lowest BCUT2D eigenvalue weighted by Crippen LogP contribution is -2.38. The quantitative estimate of drug-likeness (QED) is 0.840. The van der Waals surface area contributed by atoms with Crippen LogP contribution in [0.25, 0.3) is 0 Å². The van der Waals surface area contributed by atoms with Crippen LogP contribution >= 0.6 is 0 Å². The Hall–Kier alpha value is -1.31. The van der Waals surface area contributed by atoms with Crippen LogP contribution in [-0.2, 0) is 17.0 Å². The molecule has 1 fully saturated rings. The molecule has 100 valence electrons. The molecule has 1 saturated heterocycles. The van der Waals surface area contributed by atoms with E-state index in [9.17, 15) is 17.4 Å². The number of pyridine rings is 1. The van der Waals surface area contributed by atoms with Gasteiger partial charge in [-0.3, -0.25) is 4.21 Å². The Bertz CT molecular complexity index is 468. The summed E-state index contributed by atoms with van der Waals surface area (Å²) in [7, 11) is -0.884. The molecule has 0 radical (unpaired) electrons. The van der Waals surface area contributed by atoms with Gasteiger partial charge in [-0.2, -0.15) is 13.2 Å². The number of nitrogens with two attached hydrogens (primary N) is 1. The second kappa shape index (κ2) is 4.75. The topological polar surface area (TPSA) is 59.2 Å². The maximum absolute atomic E-state index is 12.6. The van der Waals surface area contributed by atoms with Crippen molar-refractivity contribution in [1.82, 2.24) is 4.98 Å². The first-order chi connectivity index (χ1) is 8.38. The van der Waals surface area contributed by atoms with Crippen molar-refractivity contribution in [3.63, 3.8) is 0 Å². The highest BCUT2D eigenvalue weighted by atomic mass is 32.2. The molecule has 0 bridgehead atoms. The molecular formula is C10H12F3N3OS. The third kappa shape index (κ3) is 2.74. The summed E-state index contributed by atoms with van der Waals surface area (Å²) in [5.41, 5.74) is 5.21. The van der Waals surface area contributed by atoms with E-state index in [1.54, 1.807) is 4.90 Å². The molecule has 1 aromatic rings. The summed E-state index contributed by atoms with van der Waals surface area (Å²) in [5, 5.41) is 0. The zero-order valence-corrected chi connectivity index (χ0v) is 10.2. The van der Waals surface area contributed by atoms with E-state index < -0.39 is 22.7 Å². The number of halogens is 3. The number of hydrogen-bond donors (Lipinski definition) is 1. The first-order valence-corrected chi connectivity index (χ1v) is 6.79. The van der Waals surface area contributed by atoms with Gasteiger partial charge in [0.05, 0.1) is 17.6 Å². The van der Waals surface area contributed by atoms with Crippen molar-refractivity contribution in [3.05, 3.63) is 18.0 Å². The molecular weight excluding hydrogens is 267 g/mol. The van der Waals surface area contributed by atoms with Gasteiger partial charge < -0.3 is 10.6 Å². The highest BCUT2D eigenvalue weighted by Crippen LogP contribution is 2.32. The highest BCUT2D eigenvalue weighted by Gasteiger charge is 2.33. The van der Waals surface area contributed by atoms with Crippen molar-refractivity contribution in [3.8, 4) is 0 Å². The van der Waals surface area contributed by atoms with E-state index in [2.05, 4.69) is 4.98 Å². The lowest BCUT2D eigenvalue weighted by Gasteiger charge is -2.29. The Morgan fingerprint density at radius 1 is 1.33 bits per heavy atom. The van der Waals surface area contributed by atoms with E-state index in [1.165, 1.54) is 0 Å². The average Bonchev–Trinajstić information content (AvgIpc) is 2.29. The summed E-state index contributed by atoms with van der Waals surface area (Å²) in [6.45, 7) is 0.885. The Morgan fingerprint density at radius 2 is 1.94 bits per heavy atom. The zero-order valence-electron chi connectivity index (χ0n) is 9.41. The van der Waals surface area contributed by atoms with E-state index in [0.29, 0.717) is 30.3 Å². The molecule has 1 aliphatic rings. The maximum atomic E-state index is 12.6. The largest absolute Gasteiger partial charge is 0.433 e. The number of nitrogens with zero attached hydrogens (tertiary/aromatic N) is 2. The Labute approximate surface area is 104 Å². The van der Waals surface area contributed by atoms with Crippen LogP contribution in [0.15, 0.2) is 12.3 Å². The van der Waals surface area contributed by atoms with Crippen LogP contribution in [0.5, 0.6) is 0 Å². The molecule has 0 atom stereocenters. The molecule has 2 heterocycles. The molecule has 8 heteroatoms. The zero-order chi connectivity index (χ0) is 13.3. The number of anilines is 2. The van der Waals surface area contributed by atoms with Gasteiger partial charge in [-0.25, -0.2) is 4.98 Å². The predicted octanol–water partition coefficient (Wildman–Crippen LogP) is 1.25. The van der Waals surface area contributed by atoms with E-state index in [-0.39, 0.29) is 5.69 Å². The fraction of sp³-hybridized carbons (Fsp3) is 0.500. The molecule has 18 heavy (non-hydrogen) atoms. The number of alkyl halides is 3. The summed E-state index contributed by atoms with van der Waals surface area (Å²) < 4.78 is 48.9. The van der Waals surface area contributed by atoms with Gasteiger partial charge in [0.25, 0.3) is 0 Å². The maximum Gasteiger partial charge on any atom is 0.433 e. The lowest BCUT2D eigenvalue weighted by atomic mass is 10.2.